The first-order chi connectivity index (χ1) is 8.58. The molecule has 18 heavy (non-hydrogen) atoms. The smallest absolute Gasteiger partial charge is 0.331 e. The molecular formula is C10H10N2O4S2. The molecule has 0 bridgehead atoms. The first kappa shape index (κ1) is 12.9. The minimum atomic E-state index is -1.12. The van der Waals surface area contributed by atoms with Crippen LogP contribution in [-0.4, -0.2) is 34.0 Å². The number of carboxylic acid groups (broad SMARTS) is 1. The average molecular weight is 286 g/mol. The van der Waals surface area contributed by atoms with Gasteiger partial charge in [-0.05, 0) is 11.4 Å². The second-order valence-corrected chi connectivity index (χ2v) is 5.56. The molecule has 0 spiro atoms. The zero-order valence-electron chi connectivity index (χ0n) is 9.08. The summed E-state index contributed by atoms with van der Waals surface area (Å²) in [5.41, 5.74) is 0. The van der Waals surface area contributed by atoms with Crippen LogP contribution in [0.2, 0.25) is 0 Å². The highest BCUT2D eigenvalue weighted by Gasteiger charge is 2.31. The Kier molecular flexibility index (Phi) is 3.87. The molecular weight excluding hydrogens is 276 g/mol. The van der Waals surface area contributed by atoms with Gasteiger partial charge in [-0.1, -0.05) is 17.8 Å². The zero-order chi connectivity index (χ0) is 13.1. The molecule has 1 saturated heterocycles. The van der Waals surface area contributed by atoms with Gasteiger partial charge in [-0.25, -0.2) is 4.79 Å². The SMILES string of the molecule is O=C1NC(C(=O)NC(C(=O)O)c2cccs2)CS1. The van der Waals surface area contributed by atoms with Gasteiger partial charge >= 0.3 is 5.97 Å². The highest BCUT2D eigenvalue weighted by Crippen LogP contribution is 2.20. The summed E-state index contributed by atoms with van der Waals surface area (Å²) in [7, 11) is 0. The fraction of sp³-hybridized carbons (Fsp3) is 0.300. The van der Waals surface area contributed by atoms with Crippen molar-refractivity contribution in [1.29, 1.82) is 0 Å². The molecule has 2 heterocycles. The third-order valence-electron chi connectivity index (χ3n) is 2.35. The van der Waals surface area contributed by atoms with E-state index >= 15 is 0 Å². The number of amides is 2. The molecule has 2 unspecified atom stereocenters. The van der Waals surface area contributed by atoms with E-state index in [1.54, 1.807) is 17.5 Å². The molecule has 1 fully saturated rings. The van der Waals surface area contributed by atoms with Crippen molar-refractivity contribution in [2.24, 2.45) is 0 Å². The van der Waals surface area contributed by atoms with Crippen molar-refractivity contribution in [3.05, 3.63) is 22.4 Å². The molecule has 0 aliphatic carbocycles. The monoisotopic (exact) mass is 286 g/mol. The van der Waals surface area contributed by atoms with Crippen molar-refractivity contribution >= 4 is 40.2 Å². The van der Waals surface area contributed by atoms with Crippen molar-refractivity contribution in [3.63, 3.8) is 0 Å². The lowest BCUT2D eigenvalue weighted by Gasteiger charge is -2.15. The second-order valence-electron chi connectivity index (χ2n) is 3.59. The van der Waals surface area contributed by atoms with Crippen molar-refractivity contribution in [2.45, 2.75) is 12.1 Å². The first-order valence-electron chi connectivity index (χ1n) is 5.08. The molecule has 1 aromatic heterocycles. The summed E-state index contributed by atoms with van der Waals surface area (Å²) in [6.07, 6.45) is 0. The number of carboxylic acids is 1. The lowest BCUT2D eigenvalue weighted by molar-refractivity contribution is -0.142. The van der Waals surface area contributed by atoms with E-state index in [0.717, 1.165) is 11.8 Å². The number of carbonyl (C=O) groups is 3. The van der Waals surface area contributed by atoms with Crippen LogP contribution < -0.4 is 10.6 Å². The van der Waals surface area contributed by atoms with Crippen LogP contribution in [0.1, 0.15) is 10.9 Å². The number of carbonyl (C=O) groups excluding carboxylic acids is 2. The minimum absolute atomic E-state index is 0.266. The van der Waals surface area contributed by atoms with Gasteiger partial charge in [-0.2, -0.15) is 0 Å². The molecule has 1 aliphatic heterocycles. The normalized spacial score (nSPS) is 20.2. The van der Waals surface area contributed by atoms with E-state index < -0.39 is 24.0 Å². The lowest BCUT2D eigenvalue weighted by Crippen LogP contribution is -2.45. The van der Waals surface area contributed by atoms with E-state index in [1.165, 1.54) is 11.3 Å². The highest BCUT2D eigenvalue weighted by molar-refractivity contribution is 8.14. The number of nitrogens with one attached hydrogen (secondary N) is 2. The summed E-state index contributed by atoms with van der Waals surface area (Å²) in [6, 6.07) is 1.63. The van der Waals surface area contributed by atoms with Gasteiger partial charge in [-0.15, -0.1) is 11.3 Å². The molecule has 8 heteroatoms. The van der Waals surface area contributed by atoms with Crippen LogP contribution in [0.25, 0.3) is 0 Å². The Morgan fingerprint density at radius 2 is 2.33 bits per heavy atom. The summed E-state index contributed by atoms with van der Waals surface area (Å²) < 4.78 is 0. The van der Waals surface area contributed by atoms with Gasteiger partial charge in [0.15, 0.2) is 6.04 Å². The Bertz CT molecular complexity index is 474. The minimum Gasteiger partial charge on any atom is -0.479 e. The Balaban J connectivity index is 2.04. The predicted octanol–water partition coefficient (Wildman–Crippen LogP) is 0.815. The number of thioether (sulfide) groups is 1. The third kappa shape index (κ3) is 2.82. The topological polar surface area (TPSA) is 95.5 Å². The van der Waals surface area contributed by atoms with Gasteiger partial charge in [0.25, 0.3) is 5.24 Å². The zero-order valence-corrected chi connectivity index (χ0v) is 10.7. The van der Waals surface area contributed by atoms with Gasteiger partial charge in [0, 0.05) is 10.6 Å². The molecule has 1 aromatic rings. The van der Waals surface area contributed by atoms with Gasteiger partial charge < -0.3 is 15.7 Å². The first-order valence-corrected chi connectivity index (χ1v) is 6.94. The third-order valence-corrected chi connectivity index (χ3v) is 4.17. The van der Waals surface area contributed by atoms with E-state index in [0.29, 0.717) is 10.6 Å². The van der Waals surface area contributed by atoms with Crippen LogP contribution in [0.15, 0.2) is 17.5 Å². The number of rotatable bonds is 4. The number of hydrogen-bond donors (Lipinski definition) is 3. The maximum Gasteiger partial charge on any atom is 0.331 e. The Morgan fingerprint density at radius 3 is 2.83 bits per heavy atom. The van der Waals surface area contributed by atoms with Crippen LogP contribution in [0, 0.1) is 0 Å². The molecule has 3 N–H and O–H groups in total. The molecule has 0 saturated carbocycles. The standard InChI is InChI=1S/C10H10N2O4S2/c13-8(5-4-18-10(16)11-5)12-7(9(14)15)6-2-1-3-17-6/h1-3,5,7H,4H2,(H,11,16)(H,12,13)(H,14,15). The van der Waals surface area contributed by atoms with Crippen molar-refractivity contribution < 1.29 is 19.5 Å². The van der Waals surface area contributed by atoms with E-state index in [-0.39, 0.29) is 5.24 Å². The van der Waals surface area contributed by atoms with Crippen molar-refractivity contribution in [3.8, 4) is 0 Å². The molecule has 96 valence electrons. The van der Waals surface area contributed by atoms with E-state index in [9.17, 15) is 14.4 Å². The van der Waals surface area contributed by atoms with Crippen LogP contribution in [-0.2, 0) is 9.59 Å². The molecule has 0 aromatic carbocycles. The maximum absolute atomic E-state index is 11.8. The Morgan fingerprint density at radius 1 is 1.56 bits per heavy atom. The second kappa shape index (κ2) is 5.40. The van der Waals surface area contributed by atoms with Gasteiger partial charge in [0.1, 0.15) is 6.04 Å². The van der Waals surface area contributed by atoms with Crippen LogP contribution in [0.4, 0.5) is 4.79 Å². The number of thiophene rings is 1. The fourth-order valence-corrected chi connectivity index (χ4v) is 3.02. The molecule has 2 atom stereocenters. The molecule has 1 aliphatic rings. The average Bonchev–Trinajstić information content (AvgIpc) is 2.95. The summed E-state index contributed by atoms with van der Waals surface area (Å²) in [5, 5.41) is 15.5. The predicted molar refractivity (Wildman–Crippen MR) is 67.6 cm³/mol. The fourth-order valence-electron chi connectivity index (χ4n) is 1.48. The summed E-state index contributed by atoms with van der Waals surface area (Å²) >= 11 is 2.27. The molecule has 2 amide bonds. The van der Waals surface area contributed by atoms with Crippen LogP contribution in [0.3, 0.4) is 0 Å². The molecule has 0 radical (unpaired) electrons. The highest BCUT2D eigenvalue weighted by atomic mass is 32.2. The van der Waals surface area contributed by atoms with Crippen molar-refractivity contribution in [2.75, 3.05) is 5.75 Å². The maximum atomic E-state index is 11.8. The molecule has 2 rings (SSSR count). The molecule has 6 nitrogen and oxygen atoms in total. The van der Waals surface area contributed by atoms with E-state index in [1.807, 2.05) is 0 Å². The summed E-state index contributed by atoms with van der Waals surface area (Å²) in [6.45, 7) is 0. The van der Waals surface area contributed by atoms with Crippen LogP contribution in [0.5, 0.6) is 0 Å². The summed E-state index contributed by atoms with van der Waals surface area (Å²) in [4.78, 5) is 34.4. The van der Waals surface area contributed by atoms with Crippen molar-refractivity contribution in [1.82, 2.24) is 10.6 Å². The van der Waals surface area contributed by atoms with Gasteiger partial charge in [-0.3, -0.25) is 9.59 Å². The number of aliphatic carboxylic acids is 1. The summed E-state index contributed by atoms with van der Waals surface area (Å²) in [5.74, 6) is -1.28. The largest absolute Gasteiger partial charge is 0.479 e. The van der Waals surface area contributed by atoms with Gasteiger partial charge in [0.05, 0.1) is 0 Å². The lowest BCUT2D eigenvalue weighted by atomic mass is 10.2. The van der Waals surface area contributed by atoms with Gasteiger partial charge in [0.2, 0.25) is 5.91 Å². The number of hydrogen-bond acceptors (Lipinski definition) is 5. The Hall–Kier alpha value is -1.54. The quantitative estimate of drug-likeness (QED) is 0.761. The van der Waals surface area contributed by atoms with Crippen LogP contribution >= 0.6 is 23.1 Å². The Labute approximate surface area is 111 Å². The van der Waals surface area contributed by atoms with E-state index in [4.69, 9.17) is 5.11 Å². The van der Waals surface area contributed by atoms with E-state index in [2.05, 4.69) is 10.6 Å².